The summed E-state index contributed by atoms with van der Waals surface area (Å²) in [5.74, 6) is 1.47. The minimum Gasteiger partial charge on any atom is -0.367 e. The first-order valence-corrected chi connectivity index (χ1v) is 9.20. The number of rotatable bonds is 3. The molecule has 3 aromatic heterocycles. The van der Waals surface area contributed by atoms with Crippen LogP contribution in [-0.2, 0) is 7.05 Å². The second kappa shape index (κ2) is 6.27. The van der Waals surface area contributed by atoms with Gasteiger partial charge < -0.3 is 16.0 Å². The molecular weight excluding hydrogens is 342 g/mol. The van der Waals surface area contributed by atoms with E-state index in [-0.39, 0.29) is 0 Å². The molecule has 138 valence electrons. The van der Waals surface area contributed by atoms with Gasteiger partial charge in [0.1, 0.15) is 17.8 Å². The van der Waals surface area contributed by atoms with Crippen molar-refractivity contribution in [3.8, 4) is 11.4 Å². The molecule has 0 saturated heterocycles. The molecule has 0 aliphatic heterocycles. The van der Waals surface area contributed by atoms with Crippen molar-refractivity contribution in [1.29, 1.82) is 0 Å². The average Bonchev–Trinajstić information content (AvgIpc) is 3.27. The van der Waals surface area contributed by atoms with Crippen LogP contribution < -0.4 is 11.1 Å². The first kappa shape index (κ1) is 16.1. The number of H-pyrrole nitrogens is 1. The average molecular weight is 363 g/mol. The van der Waals surface area contributed by atoms with Crippen molar-refractivity contribution in [2.24, 2.45) is 12.8 Å². The Morgan fingerprint density at radius 3 is 2.81 bits per heavy atom. The van der Waals surface area contributed by atoms with Crippen molar-refractivity contribution in [2.75, 3.05) is 5.32 Å². The second-order valence-corrected chi connectivity index (χ2v) is 7.19. The Hall–Kier alpha value is -3.07. The fourth-order valence-electron chi connectivity index (χ4n) is 3.83. The zero-order valence-corrected chi connectivity index (χ0v) is 15.1. The van der Waals surface area contributed by atoms with E-state index in [1.165, 1.54) is 4.80 Å². The van der Waals surface area contributed by atoms with E-state index in [4.69, 9.17) is 5.73 Å². The van der Waals surface area contributed by atoms with Crippen LogP contribution in [0.25, 0.3) is 33.3 Å². The molecule has 3 heterocycles. The van der Waals surface area contributed by atoms with E-state index in [1.54, 1.807) is 13.4 Å². The third-order valence-corrected chi connectivity index (χ3v) is 5.27. The van der Waals surface area contributed by atoms with Crippen LogP contribution in [0.4, 0.5) is 5.82 Å². The fourth-order valence-corrected chi connectivity index (χ4v) is 3.83. The van der Waals surface area contributed by atoms with Gasteiger partial charge in [-0.15, -0.1) is 10.2 Å². The lowest BCUT2D eigenvalue weighted by molar-refractivity contribution is 0.410. The lowest BCUT2D eigenvalue weighted by Gasteiger charge is -2.27. The zero-order valence-electron chi connectivity index (χ0n) is 15.1. The van der Waals surface area contributed by atoms with Gasteiger partial charge in [0, 0.05) is 28.6 Å². The van der Waals surface area contributed by atoms with E-state index >= 15 is 0 Å². The van der Waals surface area contributed by atoms with E-state index < -0.39 is 0 Å². The first-order valence-electron chi connectivity index (χ1n) is 9.20. The van der Waals surface area contributed by atoms with Gasteiger partial charge in [0.25, 0.3) is 0 Å². The molecule has 5 rings (SSSR count). The number of fused-ring (bicyclic) bond motifs is 3. The number of nitrogens with one attached hydrogen (secondary N) is 2. The molecule has 1 saturated carbocycles. The third-order valence-electron chi connectivity index (χ3n) is 5.27. The molecule has 0 atom stereocenters. The maximum absolute atomic E-state index is 6.03. The highest BCUT2D eigenvalue weighted by atomic mass is 15.6. The van der Waals surface area contributed by atoms with E-state index in [0.717, 1.165) is 59.0 Å². The number of hydrogen-bond donors (Lipinski definition) is 3. The van der Waals surface area contributed by atoms with Crippen molar-refractivity contribution in [3.05, 3.63) is 24.5 Å². The smallest absolute Gasteiger partial charge is 0.204 e. The molecule has 0 radical (unpaired) electrons. The molecule has 1 aliphatic carbocycles. The molecular formula is C18H21N9. The number of aromatic nitrogens is 7. The molecule has 27 heavy (non-hydrogen) atoms. The Bertz CT molecular complexity index is 1100. The van der Waals surface area contributed by atoms with Crippen molar-refractivity contribution in [1.82, 2.24) is 35.2 Å². The van der Waals surface area contributed by atoms with E-state index in [0.29, 0.717) is 17.9 Å². The molecule has 0 bridgehead atoms. The van der Waals surface area contributed by atoms with Gasteiger partial charge in [0.2, 0.25) is 5.82 Å². The molecule has 1 aromatic carbocycles. The molecule has 0 amide bonds. The van der Waals surface area contributed by atoms with Gasteiger partial charge >= 0.3 is 0 Å². The molecule has 0 unspecified atom stereocenters. The summed E-state index contributed by atoms with van der Waals surface area (Å²) in [7, 11) is 1.75. The van der Waals surface area contributed by atoms with Crippen molar-refractivity contribution in [3.63, 3.8) is 0 Å². The molecule has 4 aromatic rings. The Morgan fingerprint density at radius 1 is 1.19 bits per heavy atom. The zero-order chi connectivity index (χ0) is 18.4. The van der Waals surface area contributed by atoms with Crippen LogP contribution in [0.2, 0.25) is 0 Å². The molecule has 9 heteroatoms. The lowest BCUT2D eigenvalue weighted by Crippen LogP contribution is -2.33. The van der Waals surface area contributed by atoms with Gasteiger partial charge in [-0.25, -0.2) is 9.97 Å². The van der Waals surface area contributed by atoms with Gasteiger partial charge in [-0.1, -0.05) is 12.1 Å². The van der Waals surface area contributed by atoms with Gasteiger partial charge in [0.15, 0.2) is 0 Å². The minimum absolute atomic E-state index is 0.328. The van der Waals surface area contributed by atoms with Crippen LogP contribution in [0.5, 0.6) is 0 Å². The Labute approximate surface area is 155 Å². The van der Waals surface area contributed by atoms with E-state index in [2.05, 4.69) is 41.7 Å². The van der Waals surface area contributed by atoms with Crippen LogP contribution in [-0.4, -0.2) is 47.2 Å². The van der Waals surface area contributed by atoms with E-state index in [9.17, 15) is 0 Å². The van der Waals surface area contributed by atoms with E-state index in [1.807, 2.05) is 12.1 Å². The molecule has 1 fully saturated rings. The van der Waals surface area contributed by atoms with Crippen molar-refractivity contribution < 1.29 is 0 Å². The van der Waals surface area contributed by atoms with Gasteiger partial charge in [-0.2, -0.15) is 4.80 Å². The molecule has 4 N–H and O–H groups in total. The van der Waals surface area contributed by atoms with Crippen LogP contribution >= 0.6 is 0 Å². The van der Waals surface area contributed by atoms with Crippen molar-refractivity contribution >= 4 is 27.8 Å². The number of aromatic amines is 1. The third kappa shape index (κ3) is 2.89. The number of hydrogen-bond acceptors (Lipinski definition) is 7. The summed E-state index contributed by atoms with van der Waals surface area (Å²) in [6.45, 7) is 0. The lowest BCUT2D eigenvalue weighted by atomic mass is 9.92. The normalized spacial score (nSPS) is 20.4. The SMILES string of the molecule is Cn1nnc(-c2ccc3c(c2)[nH]c2ncnc(N[C@H]4CC[C@H](N)CC4)c23)n1. The highest BCUT2D eigenvalue weighted by Crippen LogP contribution is 2.32. The second-order valence-electron chi connectivity index (χ2n) is 7.19. The minimum atomic E-state index is 0.328. The molecule has 0 spiro atoms. The number of tetrazole rings is 1. The fraction of sp³-hybridized carbons (Fsp3) is 0.389. The van der Waals surface area contributed by atoms with Crippen LogP contribution in [0.3, 0.4) is 0 Å². The molecule has 9 nitrogen and oxygen atoms in total. The summed E-state index contributed by atoms with van der Waals surface area (Å²) in [5.41, 5.74) is 8.73. The predicted octanol–water partition coefficient (Wildman–Crippen LogP) is 1.98. The predicted molar refractivity (Wildman–Crippen MR) is 103 cm³/mol. The maximum atomic E-state index is 6.03. The van der Waals surface area contributed by atoms with Gasteiger partial charge in [-0.3, -0.25) is 0 Å². The summed E-state index contributed by atoms with van der Waals surface area (Å²) in [5, 5.41) is 18.0. The summed E-state index contributed by atoms with van der Waals surface area (Å²) in [4.78, 5) is 13.8. The highest BCUT2D eigenvalue weighted by molar-refractivity contribution is 6.11. The summed E-state index contributed by atoms with van der Waals surface area (Å²) in [6.07, 6.45) is 5.83. The van der Waals surface area contributed by atoms with Crippen LogP contribution in [0.1, 0.15) is 25.7 Å². The number of nitrogens with zero attached hydrogens (tertiary/aromatic N) is 6. The monoisotopic (exact) mass is 363 g/mol. The van der Waals surface area contributed by atoms with Gasteiger partial charge in [0.05, 0.1) is 12.4 Å². The Morgan fingerprint density at radius 2 is 2.04 bits per heavy atom. The standard InChI is InChI=1S/C18H21N9/c1-27-25-16(24-26-27)10-2-7-13-14(8-10)23-18-15(13)17(20-9-21-18)22-12-5-3-11(19)4-6-12/h2,7-9,11-12H,3-6,19H2,1H3,(H2,20,21,22,23)/t11-,12-. The first-order chi connectivity index (χ1) is 13.2. The quantitative estimate of drug-likeness (QED) is 0.508. The van der Waals surface area contributed by atoms with Crippen molar-refractivity contribution in [2.45, 2.75) is 37.8 Å². The summed E-state index contributed by atoms with van der Waals surface area (Å²) in [6, 6.07) is 6.82. The van der Waals surface area contributed by atoms with Gasteiger partial charge in [-0.05, 0) is 37.0 Å². The number of anilines is 1. The van der Waals surface area contributed by atoms with Crippen LogP contribution in [0.15, 0.2) is 24.5 Å². The maximum Gasteiger partial charge on any atom is 0.204 e. The number of aryl methyl sites for hydroxylation is 1. The number of nitrogens with two attached hydrogens (primary N) is 1. The Balaban J connectivity index is 1.55. The topological polar surface area (TPSA) is 123 Å². The summed E-state index contributed by atoms with van der Waals surface area (Å²) < 4.78 is 0. The molecule has 1 aliphatic rings. The highest BCUT2D eigenvalue weighted by Gasteiger charge is 2.20. The summed E-state index contributed by atoms with van der Waals surface area (Å²) >= 11 is 0. The number of benzene rings is 1. The Kier molecular flexibility index (Phi) is 3.75. The largest absolute Gasteiger partial charge is 0.367 e. The van der Waals surface area contributed by atoms with Crippen LogP contribution in [0, 0.1) is 0 Å².